The molecule has 0 saturated heterocycles. The Balaban J connectivity index is 1.92. The lowest BCUT2D eigenvalue weighted by atomic mass is 10.2. The number of rotatable bonds is 7. The number of nitro benzene ring substituents is 1. The van der Waals surface area contributed by atoms with E-state index in [0.29, 0.717) is 11.4 Å². The van der Waals surface area contributed by atoms with Gasteiger partial charge in [0.15, 0.2) is 5.69 Å². The molecule has 1 amide bonds. The van der Waals surface area contributed by atoms with E-state index in [1.165, 1.54) is 34.9 Å². The van der Waals surface area contributed by atoms with Gasteiger partial charge in [-0.1, -0.05) is 41.6 Å². The van der Waals surface area contributed by atoms with Gasteiger partial charge in [-0.25, -0.2) is 4.68 Å². The van der Waals surface area contributed by atoms with Crippen LogP contribution in [0, 0.1) is 17.0 Å². The molecule has 0 bridgehead atoms. The molecule has 0 unspecified atom stereocenters. The summed E-state index contributed by atoms with van der Waals surface area (Å²) in [6.45, 7) is 1.55. The normalized spacial score (nSPS) is 10.5. The Morgan fingerprint density at radius 2 is 1.90 bits per heavy atom. The number of methoxy groups -OCH3 is 1. The van der Waals surface area contributed by atoms with E-state index in [1.54, 1.807) is 13.0 Å². The van der Waals surface area contributed by atoms with Crippen molar-refractivity contribution in [2.75, 3.05) is 13.7 Å². The summed E-state index contributed by atoms with van der Waals surface area (Å²) in [4.78, 5) is 36.8. The van der Waals surface area contributed by atoms with Gasteiger partial charge in [0, 0.05) is 18.7 Å². The van der Waals surface area contributed by atoms with E-state index in [-0.39, 0.29) is 24.5 Å². The predicted molar refractivity (Wildman–Crippen MR) is 106 cm³/mol. The highest BCUT2D eigenvalue weighted by Gasteiger charge is 2.25. The number of nitro groups is 1. The number of benzene rings is 2. The van der Waals surface area contributed by atoms with Crippen LogP contribution in [0.25, 0.3) is 5.69 Å². The average Bonchev–Trinajstić information content (AvgIpc) is 3.14. The number of carbonyl (C=O) groups is 2. The molecular formula is C20H19N5O5. The third-order valence-electron chi connectivity index (χ3n) is 4.43. The van der Waals surface area contributed by atoms with E-state index in [1.807, 2.05) is 30.3 Å². The predicted octanol–water partition coefficient (Wildman–Crippen LogP) is 2.30. The Kier molecular flexibility index (Phi) is 6.16. The van der Waals surface area contributed by atoms with Gasteiger partial charge in [0.25, 0.3) is 11.6 Å². The fraction of sp³-hybridized carbons (Fsp3) is 0.200. The van der Waals surface area contributed by atoms with Gasteiger partial charge >= 0.3 is 5.97 Å². The molecule has 0 aliphatic rings. The van der Waals surface area contributed by atoms with Crippen molar-refractivity contribution in [2.24, 2.45) is 0 Å². The van der Waals surface area contributed by atoms with Gasteiger partial charge in [0.2, 0.25) is 0 Å². The Morgan fingerprint density at radius 1 is 1.17 bits per heavy atom. The molecule has 0 fully saturated rings. The topological polar surface area (TPSA) is 120 Å². The Morgan fingerprint density at radius 3 is 2.57 bits per heavy atom. The Labute approximate surface area is 171 Å². The van der Waals surface area contributed by atoms with Gasteiger partial charge in [-0.05, 0) is 18.6 Å². The first-order chi connectivity index (χ1) is 14.4. The third-order valence-corrected chi connectivity index (χ3v) is 4.43. The van der Waals surface area contributed by atoms with Crippen molar-refractivity contribution < 1.29 is 19.2 Å². The number of ether oxygens (including phenoxy) is 1. The molecule has 1 heterocycles. The summed E-state index contributed by atoms with van der Waals surface area (Å²) >= 11 is 0. The van der Waals surface area contributed by atoms with Crippen LogP contribution in [-0.2, 0) is 16.1 Å². The maximum atomic E-state index is 13.1. The van der Waals surface area contributed by atoms with Crippen molar-refractivity contribution in [3.8, 4) is 5.69 Å². The van der Waals surface area contributed by atoms with Crippen LogP contribution < -0.4 is 0 Å². The number of aromatic nitrogens is 3. The summed E-state index contributed by atoms with van der Waals surface area (Å²) in [5, 5.41) is 19.0. The summed E-state index contributed by atoms with van der Waals surface area (Å²) < 4.78 is 6.05. The fourth-order valence-electron chi connectivity index (χ4n) is 2.88. The summed E-state index contributed by atoms with van der Waals surface area (Å²) in [6.07, 6.45) is 0. The van der Waals surface area contributed by atoms with Crippen molar-refractivity contribution in [3.05, 3.63) is 81.7 Å². The van der Waals surface area contributed by atoms with Gasteiger partial charge in [0.05, 0.1) is 23.4 Å². The average molecular weight is 409 g/mol. The second-order valence-electron chi connectivity index (χ2n) is 6.44. The minimum atomic E-state index is -0.567. The van der Waals surface area contributed by atoms with E-state index in [2.05, 4.69) is 10.3 Å². The number of hydrogen-bond donors (Lipinski definition) is 0. The number of nitrogens with zero attached hydrogens (tertiary/aromatic N) is 5. The van der Waals surface area contributed by atoms with Crippen LogP contribution in [0.15, 0.2) is 54.6 Å². The maximum Gasteiger partial charge on any atom is 0.325 e. The summed E-state index contributed by atoms with van der Waals surface area (Å²) in [5.74, 6) is -1.07. The summed E-state index contributed by atoms with van der Waals surface area (Å²) in [5.41, 5.74) is 1.56. The van der Waals surface area contributed by atoms with Gasteiger partial charge in [-0.3, -0.25) is 19.7 Å². The fourth-order valence-corrected chi connectivity index (χ4v) is 2.88. The van der Waals surface area contributed by atoms with Gasteiger partial charge in [-0.15, -0.1) is 5.10 Å². The third kappa shape index (κ3) is 4.49. The standard InChI is InChI=1S/C20H19N5O5/c1-14-19(21-22-24(14)16-9-6-10-17(11-16)25(28)29)20(27)23(13-18(26)30-2)12-15-7-4-3-5-8-15/h3-11H,12-13H2,1-2H3. The molecule has 0 spiro atoms. The summed E-state index contributed by atoms with van der Waals surface area (Å²) in [6, 6.07) is 15.0. The minimum Gasteiger partial charge on any atom is -0.468 e. The van der Waals surface area contributed by atoms with Crippen LogP contribution in [-0.4, -0.2) is 50.3 Å². The molecule has 10 heteroatoms. The lowest BCUT2D eigenvalue weighted by Gasteiger charge is -2.20. The van der Waals surface area contributed by atoms with Crippen LogP contribution in [0.4, 0.5) is 5.69 Å². The molecule has 0 N–H and O–H groups in total. The van der Waals surface area contributed by atoms with E-state index in [4.69, 9.17) is 4.74 Å². The first-order valence-electron chi connectivity index (χ1n) is 8.98. The van der Waals surface area contributed by atoms with Crippen molar-refractivity contribution in [2.45, 2.75) is 13.5 Å². The molecule has 0 saturated carbocycles. The van der Waals surface area contributed by atoms with E-state index in [9.17, 15) is 19.7 Å². The molecule has 0 radical (unpaired) electrons. The van der Waals surface area contributed by atoms with Gasteiger partial charge in [-0.2, -0.15) is 0 Å². The molecule has 2 aromatic carbocycles. The molecule has 0 atom stereocenters. The molecule has 0 aliphatic heterocycles. The lowest BCUT2D eigenvalue weighted by molar-refractivity contribution is -0.384. The first kappa shape index (κ1) is 20.6. The number of esters is 1. The van der Waals surface area contributed by atoms with Crippen molar-refractivity contribution in [1.29, 1.82) is 0 Å². The monoisotopic (exact) mass is 409 g/mol. The van der Waals surface area contributed by atoms with E-state index < -0.39 is 16.8 Å². The van der Waals surface area contributed by atoms with Gasteiger partial charge < -0.3 is 9.64 Å². The first-order valence-corrected chi connectivity index (χ1v) is 8.98. The van der Waals surface area contributed by atoms with Crippen LogP contribution in [0.3, 0.4) is 0 Å². The smallest absolute Gasteiger partial charge is 0.325 e. The second-order valence-corrected chi connectivity index (χ2v) is 6.44. The molecule has 1 aromatic heterocycles. The second kappa shape index (κ2) is 8.95. The highest BCUT2D eigenvalue weighted by atomic mass is 16.6. The summed E-state index contributed by atoms with van der Waals surface area (Å²) in [7, 11) is 1.25. The quantitative estimate of drug-likeness (QED) is 0.333. The Hall–Kier alpha value is -4.08. The highest BCUT2D eigenvalue weighted by molar-refractivity contribution is 5.95. The Bertz CT molecular complexity index is 1080. The van der Waals surface area contributed by atoms with Crippen molar-refractivity contribution >= 4 is 17.6 Å². The number of carbonyl (C=O) groups excluding carboxylic acids is 2. The highest BCUT2D eigenvalue weighted by Crippen LogP contribution is 2.19. The molecule has 10 nitrogen and oxygen atoms in total. The molecule has 0 aliphatic carbocycles. The zero-order chi connectivity index (χ0) is 21.7. The van der Waals surface area contributed by atoms with Crippen LogP contribution in [0.2, 0.25) is 0 Å². The zero-order valence-electron chi connectivity index (χ0n) is 16.4. The molecule has 30 heavy (non-hydrogen) atoms. The molecule has 3 rings (SSSR count). The molecular weight excluding hydrogens is 390 g/mol. The van der Waals surface area contributed by atoms with Gasteiger partial charge in [0.1, 0.15) is 6.54 Å². The van der Waals surface area contributed by atoms with Crippen molar-refractivity contribution in [1.82, 2.24) is 19.9 Å². The van der Waals surface area contributed by atoms with E-state index >= 15 is 0 Å². The zero-order valence-corrected chi connectivity index (χ0v) is 16.4. The van der Waals surface area contributed by atoms with Crippen molar-refractivity contribution in [3.63, 3.8) is 0 Å². The minimum absolute atomic E-state index is 0.0429. The number of non-ortho nitro benzene ring substituents is 1. The van der Waals surface area contributed by atoms with Crippen LogP contribution in [0.5, 0.6) is 0 Å². The van der Waals surface area contributed by atoms with Crippen LogP contribution >= 0.6 is 0 Å². The molecule has 154 valence electrons. The number of amides is 1. The number of hydrogen-bond acceptors (Lipinski definition) is 7. The molecule has 3 aromatic rings. The lowest BCUT2D eigenvalue weighted by Crippen LogP contribution is -2.36. The maximum absolute atomic E-state index is 13.1. The van der Waals surface area contributed by atoms with Crippen LogP contribution in [0.1, 0.15) is 21.7 Å². The SMILES string of the molecule is COC(=O)CN(Cc1ccccc1)C(=O)c1nnn(-c2cccc([N+](=O)[O-])c2)c1C. The van der Waals surface area contributed by atoms with E-state index in [0.717, 1.165) is 5.56 Å². The largest absolute Gasteiger partial charge is 0.468 e.